The van der Waals surface area contributed by atoms with Crippen LogP contribution in [0.3, 0.4) is 0 Å². The van der Waals surface area contributed by atoms with Gasteiger partial charge >= 0.3 is 5.69 Å². The average Bonchev–Trinajstić information content (AvgIpc) is 2.30. The van der Waals surface area contributed by atoms with Gasteiger partial charge < -0.3 is 5.73 Å². The molecule has 7 heteroatoms. The fraction of sp³-hybridized carbons (Fsp3) is 0.0909. The summed E-state index contributed by atoms with van der Waals surface area (Å²) in [6.45, 7) is -0.0489. The second-order valence-corrected chi connectivity index (χ2v) is 4.53. The van der Waals surface area contributed by atoms with Gasteiger partial charge in [0.25, 0.3) is 5.56 Å². The molecule has 0 radical (unpaired) electrons. The summed E-state index contributed by atoms with van der Waals surface area (Å²) in [6, 6.07) is 4.29. The molecule has 2 aromatic rings. The molecular weight excluding hydrogens is 305 g/mol. The molecule has 0 unspecified atom stereocenters. The SMILES string of the molecule is Nc1cccc(F)c1Cn1cc(Br)c(=O)[nH]c1=O. The Morgan fingerprint density at radius 2 is 2.11 bits per heavy atom. The Kier molecular flexibility index (Phi) is 3.33. The fourth-order valence-electron chi connectivity index (χ4n) is 1.51. The molecule has 0 spiro atoms. The van der Waals surface area contributed by atoms with Gasteiger partial charge in [0.2, 0.25) is 0 Å². The molecule has 18 heavy (non-hydrogen) atoms. The Morgan fingerprint density at radius 3 is 2.78 bits per heavy atom. The highest BCUT2D eigenvalue weighted by atomic mass is 79.9. The standard InChI is InChI=1S/C11H9BrFN3O2/c12-7-5-16(11(18)15-10(7)17)4-6-8(13)2-1-3-9(6)14/h1-3,5H,4,14H2,(H,15,17,18). The van der Waals surface area contributed by atoms with Gasteiger partial charge in [0, 0.05) is 17.4 Å². The van der Waals surface area contributed by atoms with Gasteiger partial charge in [0.1, 0.15) is 5.82 Å². The number of nitrogen functional groups attached to an aromatic ring is 1. The molecule has 2 rings (SSSR count). The summed E-state index contributed by atoms with van der Waals surface area (Å²) in [6.07, 6.45) is 1.30. The molecule has 0 saturated carbocycles. The lowest BCUT2D eigenvalue weighted by Crippen LogP contribution is -2.30. The molecule has 0 amide bonds. The molecule has 1 aromatic carbocycles. The minimum Gasteiger partial charge on any atom is -0.398 e. The van der Waals surface area contributed by atoms with E-state index in [1.807, 2.05) is 0 Å². The Labute approximate surface area is 109 Å². The van der Waals surface area contributed by atoms with E-state index in [0.717, 1.165) is 0 Å². The first kappa shape index (κ1) is 12.6. The summed E-state index contributed by atoms with van der Waals surface area (Å²) < 4.78 is 14.9. The van der Waals surface area contributed by atoms with E-state index < -0.39 is 17.1 Å². The van der Waals surface area contributed by atoms with Crippen molar-refractivity contribution in [2.24, 2.45) is 0 Å². The third kappa shape index (κ3) is 2.35. The van der Waals surface area contributed by atoms with E-state index in [-0.39, 0.29) is 22.3 Å². The number of anilines is 1. The number of nitrogens with zero attached hydrogens (tertiary/aromatic N) is 1. The maximum Gasteiger partial charge on any atom is 0.328 e. The summed E-state index contributed by atoms with van der Waals surface area (Å²) >= 11 is 3.00. The Hall–Kier alpha value is -1.89. The van der Waals surface area contributed by atoms with Gasteiger partial charge in [-0.2, -0.15) is 0 Å². The van der Waals surface area contributed by atoms with Crippen LogP contribution in [0.5, 0.6) is 0 Å². The predicted molar refractivity (Wildman–Crippen MR) is 68.9 cm³/mol. The van der Waals surface area contributed by atoms with Gasteiger partial charge in [-0.05, 0) is 28.1 Å². The summed E-state index contributed by atoms with van der Waals surface area (Å²) in [5.41, 5.74) is 4.96. The number of nitrogens with two attached hydrogens (primary N) is 1. The number of hydrogen-bond donors (Lipinski definition) is 2. The largest absolute Gasteiger partial charge is 0.398 e. The second kappa shape index (κ2) is 4.77. The lowest BCUT2D eigenvalue weighted by molar-refractivity contribution is 0.593. The van der Waals surface area contributed by atoms with Gasteiger partial charge in [-0.1, -0.05) is 6.07 Å². The predicted octanol–water partition coefficient (Wildman–Crippen LogP) is 1.07. The monoisotopic (exact) mass is 313 g/mol. The van der Waals surface area contributed by atoms with Crippen molar-refractivity contribution in [2.45, 2.75) is 6.54 Å². The zero-order valence-electron chi connectivity index (χ0n) is 9.11. The summed E-state index contributed by atoms with van der Waals surface area (Å²) in [4.78, 5) is 24.8. The highest BCUT2D eigenvalue weighted by molar-refractivity contribution is 9.10. The molecule has 0 aliphatic rings. The molecule has 0 atom stereocenters. The van der Waals surface area contributed by atoms with E-state index in [1.54, 1.807) is 6.07 Å². The van der Waals surface area contributed by atoms with Gasteiger partial charge in [-0.25, -0.2) is 9.18 Å². The van der Waals surface area contributed by atoms with Crippen molar-refractivity contribution in [3.05, 3.63) is 61.1 Å². The molecule has 94 valence electrons. The average molecular weight is 314 g/mol. The van der Waals surface area contributed by atoms with Crippen LogP contribution in [0.2, 0.25) is 0 Å². The van der Waals surface area contributed by atoms with Crippen molar-refractivity contribution < 1.29 is 4.39 Å². The van der Waals surface area contributed by atoms with Crippen molar-refractivity contribution in [3.8, 4) is 0 Å². The maximum absolute atomic E-state index is 13.6. The van der Waals surface area contributed by atoms with Crippen LogP contribution in [0, 0.1) is 5.82 Å². The molecule has 0 saturated heterocycles. The minimum atomic E-state index is -0.620. The number of halogens is 2. The van der Waals surface area contributed by atoms with Gasteiger partial charge in [-0.15, -0.1) is 0 Å². The molecular formula is C11H9BrFN3O2. The van der Waals surface area contributed by atoms with E-state index in [2.05, 4.69) is 20.9 Å². The number of aromatic amines is 1. The number of rotatable bonds is 2. The molecule has 0 aliphatic heterocycles. The molecule has 0 fully saturated rings. The van der Waals surface area contributed by atoms with E-state index in [9.17, 15) is 14.0 Å². The van der Waals surface area contributed by atoms with Crippen molar-refractivity contribution in [1.82, 2.24) is 9.55 Å². The lowest BCUT2D eigenvalue weighted by Gasteiger charge is -2.09. The van der Waals surface area contributed by atoms with E-state index >= 15 is 0 Å². The van der Waals surface area contributed by atoms with Crippen molar-refractivity contribution in [2.75, 3.05) is 5.73 Å². The van der Waals surface area contributed by atoms with E-state index in [4.69, 9.17) is 5.73 Å². The Morgan fingerprint density at radius 1 is 1.39 bits per heavy atom. The zero-order chi connectivity index (χ0) is 13.3. The topological polar surface area (TPSA) is 80.9 Å². The van der Waals surface area contributed by atoms with Crippen LogP contribution in [-0.2, 0) is 6.54 Å². The lowest BCUT2D eigenvalue weighted by atomic mass is 10.1. The summed E-state index contributed by atoms with van der Waals surface area (Å²) in [7, 11) is 0. The van der Waals surface area contributed by atoms with E-state index in [0.29, 0.717) is 0 Å². The van der Waals surface area contributed by atoms with Gasteiger partial charge in [0.05, 0.1) is 11.0 Å². The number of hydrogen-bond acceptors (Lipinski definition) is 3. The summed E-state index contributed by atoms with van der Waals surface area (Å²) in [5, 5.41) is 0. The van der Waals surface area contributed by atoms with E-state index in [1.165, 1.54) is 22.9 Å². The molecule has 1 heterocycles. The van der Waals surface area contributed by atoms with Crippen LogP contribution in [0.1, 0.15) is 5.56 Å². The van der Waals surface area contributed by atoms with Crippen LogP contribution in [0.15, 0.2) is 38.5 Å². The normalized spacial score (nSPS) is 10.6. The molecule has 5 nitrogen and oxygen atoms in total. The number of nitrogens with one attached hydrogen (secondary N) is 1. The van der Waals surface area contributed by atoms with Gasteiger partial charge in [-0.3, -0.25) is 14.3 Å². The highest BCUT2D eigenvalue weighted by Gasteiger charge is 2.09. The molecule has 0 bridgehead atoms. The molecule has 1 aromatic heterocycles. The van der Waals surface area contributed by atoms with Crippen LogP contribution >= 0.6 is 15.9 Å². The zero-order valence-corrected chi connectivity index (χ0v) is 10.7. The third-order valence-electron chi connectivity index (χ3n) is 2.45. The van der Waals surface area contributed by atoms with Crippen LogP contribution < -0.4 is 17.0 Å². The Bertz CT molecular complexity index is 688. The van der Waals surface area contributed by atoms with Crippen LogP contribution in [0.4, 0.5) is 10.1 Å². The Balaban J connectivity index is 2.50. The first-order valence-electron chi connectivity index (χ1n) is 5.01. The van der Waals surface area contributed by atoms with Crippen molar-refractivity contribution >= 4 is 21.6 Å². The maximum atomic E-state index is 13.6. The minimum absolute atomic E-state index is 0.0489. The molecule has 3 N–H and O–H groups in total. The van der Waals surface area contributed by atoms with Crippen LogP contribution in [-0.4, -0.2) is 9.55 Å². The number of H-pyrrole nitrogens is 1. The molecule has 0 aliphatic carbocycles. The number of benzene rings is 1. The van der Waals surface area contributed by atoms with Crippen molar-refractivity contribution in [1.29, 1.82) is 0 Å². The quantitative estimate of drug-likeness (QED) is 0.814. The van der Waals surface area contributed by atoms with Gasteiger partial charge in [0.15, 0.2) is 0 Å². The first-order valence-corrected chi connectivity index (χ1v) is 5.80. The fourth-order valence-corrected chi connectivity index (χ4v) is 1.86. The number of aromatic nitrogens is 2. The van der Waals surface area contributed by atoms with Crippen molar-refractivity contribution in [3.63, 3.8) is 0 Å². The first-order chi connectivity index (χ1) is 8.49. The van der Waals surface area contributed by atoms with Crippen LogP contribution in [0.25, 0.3) is 0 Å². The second-order valence-electron chi connectivity index (χ2n) is 3.67. The third-order valence-corrected chi connectivity index (χ3v) is 3.02. The summed E-state index contributed by atoms with van der Waals surface area (Å²) in [5.74, 6) is -0.496. The highest BCUT2D eigenvalue weighted by Crippen LogP contribution is 2.16. The smallest absolute Gasteiger partial charge is 0.328 e.